The molecule has 0 radical (unpaired) electrons. The maximum atomic E-state index is 14.6. The number of piperidine rings is 1. The molecule has 3 aromatic rings. The standard InChI is InChI=1S/C30H30BrF2N3O3/c1-18-25(31)13-12-23(27(18)33)28(38)34-22-10-8-20(9-11-22)21-14-16-36(17-15-21)29(39)30(3,35-19(2)37)24-6-4-5-7-26(24)32/h4-13,21H,14-17H2,1-3H3,(H,34,38)(H,35,37). The van der Waals surface area contributed by atoms with Crippen molar-refractivity contribution in [2.45, 2.75) is 45.1 Å². The van der Waals surface area contributed by atoms with Crippen LogP contribution in [-0.4, -0.2) is 35.7 Å². The van der Waals surface area contributed by atoms with Gasteiger partial charge in [0.05, 0.1) is 5.56 Å². The van der Waals surface area contributed by atoms with Gasteiger partial charge in [-0.3, -0.25) is 14.4 Å². The van der Waals surface area contributed by atoms with Gasteiger partial charge in [0, 0.05) is 35.7 Å². The van der Waals surface area contributed by atoms with E-state index in [2.05, 4.69) is 26.6 Å². The van der Waals surface area contributed by atoms with Gasteiger partial charge in [-0.25, -0.2) is 8.78 Å². The fourth-order valence-electron chi connectivity index (χ4n) is 5.06. The number of rotatable bonds is 6. The monoisotopic (exact) mass is 597 g/mol. The Kier molecular flexibility index (Phi) is 8.49. The van der Waals surface area contributed by atoms with Crippen LogP contribution in [0.5, 0.6) is 0 Å². The topological polar surface area (TPSA) is 78.5 Å². The van der Waals surface area contributed by atoms with Crippen LogP contribution in [0.25, 0.3) is 0 Å². The van der Waals surface area contributed by atoms with Crippen molar-refractivity contribution in [3.8, 4) is 0 Å². The number of carbonyl (C=O) groups is 3. The van der Waals surface area contributed by atoms with Gasteiger partial charge in [-0.15, -0.1) is 0 Å². The minimum Gasteiger partial charge on any atom is -0.340 e. The summed E-state index contributed by atoms with van der Waals surface area (Å²) >= 11 is 3.26. The second-order valence-electron chi connectivity index (χ2n) is 9.96. The molecule has 1 aliphatic rings. The predicted octanol–water partition coefficient (Wildman–Crippen LogP) is 6.05. The van der Waals surface area contributed by atoms with Gasteiger partial charge in [-0.05, 0) is 74.1 Å². The lowest BCUT2D eigenvalue weighted by atomic mass is 9.86. The number of anilines is 1. The highest BCUT2D eigenvalue weighted by molar-refractivity contribution is 9.10. The summed E-state index contributed by atoms with van der Waals surface area (Å²) in [6.45, 7) is 5.35. The lowest BCUT2D eigenvalue weighted by Gasteiger charge is -2.39. The highest BCUT2D eigenvalue weighted by atomic mass is 79.9. The van der Waals surface area contributed by atoms with E-state index in [1.54, 1.807) is 42.2 Å². The van der Waals surface area contributed by atoms with Crippen molar-refractivity contribution >= 4 is 39.3 Å². The average Bonchev–Trinajstić information content (AvgIpc) is 2.91. The zero-order valence-corrected chi connectivity index (χ0v) is 23.6. The molecule has 1 aliphatic heterocycles. The van der Waals surface area contributed by atoms with Crippen molar-refractivity contribution in [3.63, 3.8) is 0 Å². The number of hydrogen-bond acceptors (Lipinski definition) is 3. The van der Waals surface area contributed by atoms with Crippen LogP contribution in [0, 0.1) is 18.6 Å². The van der Waals surface area contributed by atoms with E-state index in [0.717, 1.165) is 5.56 Å². The molecule has 39 heavy (non-hydrogen) atoms. The van der Waals surface area contributed by atoms with Gasteiger partial charge < -0.3 is 15.5 Å². The van der Waals surface area contributed by atoms with Crippen molar-refractivity contribution in [3.05, 3.63) is 99.0 Å². The summed E-state index contributed by atoms with van der Waals surface area (Å²) in [6.07, 6.45) is 1.38. The van der Waals surface area contributed by atoms with Gasteiger partial charge in [0.1, 0.15) is 17.2 Å². The minimum atomic E-state index is -1.52. The predicted molar refractivity (Wildman–Crippen MR) is 149 cm³/mol. The molecule has 0 aliphatic carbocycles. The van der Waals surface area contributed by atoms with E-state index in [-0.39, 0.29) is 23.0 Å². The Hall–Kier alpha value is -3.59. The largest absolute Gasteiger partial charge is 0.340 e. The summed E-state index contributed by atoms with van der Waals surface area (Å²) in [5, 5.41) is 5.40. The molecule has 4 rings (SSSR count). The van der Waals surface area contributed by atoms with Crippen molar-refractivity contribution in [1.29, 1.82) is 0 Å². The Morgan fingerprint density at radius 1 is 0.974 bits per heavy atom. The van der Waals surface area contributed by atoms with E-state index in [1.165, 1.54) is 32.0 Å². The number of halogens is 3. The van der Waals surface area contributed by atoms with Gasteiger partial charge in [-0.1, -0.05) is 46.3 Å². The average molecular weight is 598 g/mol. The SMILES string of the molecule is CC(=O)NC(C)(C(=O)N1CCC(c2ccc(NC(=O)c3ccc(Br)c(C)c3F)cc2)CC1)c1ccccc1F. The molecule has 3 aromatic carbocycles. The summed E-state index contributed by atoms with van der Waals surface area (Å²) < 4.78 is 29.7. The Morgan fingerprint density at radius 2 is 1.62 bits per heavy atom. The van der Waals surface area contributed by atoms with Gasteiger partial charge in [0.25, 0.3) is 11.8 Å². The fraction of sp³-hybridized carbons (Fsp3) is 0.300. The zero-order valence-electron chi connectivity index (χ0n) is 22.0. The molecule has 1 unspecified atom stereocenters. The number of amides is 3. The van der Waals surface area contributed by atoms with Crippen molar-refractivity contribution < 1.29 is 23.2 Å². The Bertz CT molecular complexity index is 1410. The molecule has 1 atom stereocenters. The molecule has 0 bridgehead atoms. The van der Waals surface area contributed by atoms with E-state index in [0.29, 0.717) is 41.7 Å². The highest BCUT2D eigenvalue weighted by Gasteiger charge is 2.42. The molecule has 204 valence electrons. The molecule has 0 saturated carbocycles. The third-order valence-electron chi connectivity index (χ3n) is 7.25. The minimum absolute atomic E-state index is 0.0292. The summed E-state index contributed by atoms with van der Waals surface area (Å²) in [6, 6.07) is 16.4. The second-order valence-corrected chi connectivity index (χ2v) is 10.8. The van der Waals surface area contributed by atoms with Gasteiger partial charge in [0.2, 0.25) is 5.91 Å². The third-order valence-corrected chi connectivity index (χ3v) is 8.11. The van der Waals surface area contributed by atoms with Crippen LogP contribution in [0.2, 0.25) is 0 Å². The Labute approximate surface area is 234 Å². The number of nitrogens with zero attached hydrogens (tertiary/aromatic N) is 1. The number of benzene rings is 3. The van der Waals surface area contributed by atoms with Gasteiger partial charge >= 0.3 is 0 Å². The molecule has 9 heteroatoms. The highest BCUT2D eigenvalue weighted by Crippen LogP contribution is 2.33. The first-order chi connectivity index (χ1) is 18.5. The quantitative estimate of drug-likeness (QED) is 0.363. The second kappa shape index (κ2) is 11.7. The van der Waals surface area contributed by atoms with E-state index in [1.807, 2.05) is 12.1 Å². The van der Waals surface area contributed by atoms with E-state index < -0.39 is 29.0 Å². The Morgan fingerprint density at radius 3 is 2.23 bits per heavy atom. The summed E-state index contributed by atoms with van der Waals surface area (Å²) in [5.74, 6) is -2.24. The molecule has 6 nitrogen and oxygen atoms in total. The molecule has 1 fully saturated rings. The Balaban J connectivity index is 1.41. The molecule has 1 heterocycles. The first-order valence-electron chi connectivity index (χ1n) is 12.7. The number of likely N-dealkylation sites (tertiary alicyclic amines) is 1. The summed E-state index contributed by atoms with van der Waals surface area (Å²) in [5.41, 5.74) is 0.559. The first kappa shape index (κ1) is 28.4. The van der Waals surface area contributed by atoms with Crippen LogP contribution in [0.3, 0.4) is 0 Å². The van der Waals surface area contributed by atoms with E-state index in [4.69, 9.17) is 0 Å². The molecular formula is C30H30BrF2N3O3. The van der Waals surface area contributed by atoms with Crippen LogP contribution >= 0.6 is 15.9 Å². The fourth-order valence-corrected chi connectivity index (χ4v) is 5.37. The van der Waals surface area contributed by atoms with E-state index in [9.17, 15) is 23.2 Å². The van der Waals surface area contributed by atoms with Crippen LogP contribution in [-0.2, 0) is 15.1 Å². The number of nitrogens with one attached hydrogen (secondary N) is 2. The van der Waals surface area contributed by atoms with Crippen molar-refractivity contribution in [2.24, 2.45) is 0 Å². The maximum Gasteiger partial charge on any atom is 0.258 e. The van der Waals surface area contributed by atoms with Gasteiger partial charge in [0.15, 0.2) is 0 Å². The molecule has 1 saturated heterocycles. The van der Waals surface area contributed by atoms with Crippen LogP contribution in [0.15, 0.2) is 65.1 Å². The molecular weight excluding hydrogens is 568 g/mol. The number of carbonyl (C=O) groups excluding carboxylic acids is 3. The smallest absolute Gasteiger partial charge is 0.258 e. The van der Waals surface area contributed by atoms with E-state index >= 15 is 0 Å². The van der Waals surface area contributed by atoms with Crippen molar-refractivity contribution in [2.75, 3.05) is 18.4 Å². The van der Waals surface area contributed by atoms with Gasteiger partial charge in [-0.2, -0.15) is 0 Å². The lowest BCUT2D eigenvalue weighted by molar-refractivity contribution is -0.142. The van der Waals surface area contributed by atoms with Crippen LogP contribution in [0.4, 0.5) is 14.5 Å². The maximum absolute atomic E-state index is 14.6. The molecule has 2 N–H and O–H groups in total. The van der Waals surface area contributed by atoms with Crippen LogP contribution in [0.1, 0.15) is 59.7 Å². The molecule has 0 aromatic heterocycles. The third kappa shape index (κ3) is 6.03. The zero-order chi connectivity index (χ0) is 28.3. The molecule has 3 amide bonds. The molecule has 0 spiro atoms. The normalized spacial score (nSPS) is 15.4. The van der Waals surface area contributed by atoms with Crippen molar-refractivity contribution in [1.82, 2.24) is 10.2 Å². The first-order valence-corrected chi connectivity index (χ1v) is 13.5. The summed E-state index contributed by atoms with van der Waals surface area (Å²) in [7, 11) is 0. The van der Waals surface area contributed by atoms with Crippen LogP contribution < -0.4 is 10.6 Å². The lowest BCUT2D eigenvalue weighted by Crippen LogP contribution is -2.56. The number of hydrogen-bond donors (Lipinski definition) is 2. The summed E-state index contributed by atoms with van der Waals surface area (Å²) in [4.78, 5) is 39.8.